The number of hydrogen-bond donors (Lipinski definition) is 0. The summed E-state index contributed by atoms with van der Waals surface area (Å²) in [6.45, 7) is 7.05. The Kier molecular flexibility index (Phi) is 4.22. The third-order valence-corrected chi connectivity index (χ3v) is 5.17. The van der Waals surface area contributed by atoms with Crippen molar-refractivity contribution in [1.29, 1.82) is 0 Å². The van der Waals surface area contributed by atoms with Gasteiger partial charge in [-0.3, -0.25) is 4.90 Å². The van der Waals surface area contributed by atoms with E-state index in [1.807, 2.05) is 11.3 Å². The summed E-state index contributed by atoms with van der Waals surface area (Å²) in [6, 6.07) is 4.37. The van der Waals surface area contributed by atoms with Crippen LogP contribution in [0.15, 0.2) is 17.5 Å². The van der Waals surface area contributed by atoms with Crippen LogP contribution in [-0.2, 0) is 16.0 Å². The second-order valence-electron chi connectivity index (χ2n) is 5.63. The van der Waals surface area contributed by atoms with E-state index < -0.39 is 0 Å². The molecule has 2 fully saturated rings. The van der Waals surface area contributed by atoms with Crippen LogP contribution < -0.4 is 0 Å². The SMILES string of the molecule is CCOC1COC2(CCN(Cc3cccs3)CC2)C1. The Bertz CT molecular complexity index is 385. The summed E-state index contributed by atoms with van der Waals surface area (Å²) in [5.74, 6) is 0. The van der Waals surface area contributed by atoms with Crippen molar-refractivity contribution in [2.24, 2.45) is 0 Å². The number of likely N-dealkylation sites (tertiary alicyclic amines) is 1. The minimum absolute atomic E-state index is 0.117. The van der Waals surface area contributed by atoms with Crippen molar-refractivity contribution in [2.45, 2.75) is 44.4 Å². The lowest BCUT2D eigenvalue weighted by atomic mass is 9.88. The maximum Gasteiger partial charge on any atom is 0.0836 e. The van der Waals surface area contributed by atoms with E-state index in [9.17, 15) is 0 Å². The number of thiophene rings is 1. The summed E-state index contributed by atoms with van der Waals surface area (Å²) >= 11 is 1.85. The van der Waals surface area contributed by atoms with Gasteiger partial charge in [-0.2, -0.15) is 0 Å². The summed E-state index contributed by atoms with van der Waals surface area (Å²) in [7, 11) is 0. The lowest BCUT2D eigenvalue weighted by Crippen LogP contribution is -2.43. The minimum atomic E-state index is 0.117. The van der Waals surface area contributed by atoms with Gasteiger partial charge in [0.1, 0.15) is 0 Å². The molecule has 1 aromatic rings. The Hall–Kier alpha value is -0.420. The molecule has 0 aromatic carbocycles. The van der Waals surface area contributed by atoms with E-state index in [1.165, 1.54) is 4.88 Å². The smallest absolute Gasteiger partial charge is 0.0836 e. The predicted molar refractivity (Wildman–Crippen MR) is 77.5 cm³/mol. The van der Waals surface area contributed by atoms with E-state index in [4.69, 9.17) is 9.47 Å². The highest BCUT2D eigenvalue weighted by Crippen LogP contribution is 2.37. The summed E-state index contributed by atoms with van der Waals surface area (Å²) in [4.78, 5) is 4.02. The number of hydrogen-bond acceptors (Lipinski definition) is 4. The van der Waals surface area contributed by atoms with Gasteiger partial charge in [0.15, 0.2) is 0 Å². The fourth-order valence-electron chi connectivity index (χ4n) is 3.24. The van der Waals surface area contributed by atoms with Crippen molar-refractivity contribution in [3.05, 3.63) is 22.4 Å². The summed E-state index contributed by atoms with van der Waals surface area (Å²) in [5.41, 5.74) is 0.117. The van der Waals surface area contributed by atoms with Crippen molar-refractivity contribution in [3.63, 3.8) is 0 Å². The quantitative estimate of drug-likeness (QED) is 0.847. The van der Waals surface area contributed by atoms with Crippen molar-refractivity contribution in [2.75, 3.05) is 26.3 Å². The molecule has 1 unspecified atom stereocenters. The van der Waals surface area contributed by atoms with Crippen LogP contribution in [0.5, 0.6) is 0 Å². The second-order valence-corrected chi connectivity index (χ2v) is 6.66. The number of ether oxygens (including phenoxy) is 2. The molecule has 1 aromatic heterocycles. The Balaban J connectivity index is 1.49. The average molecular weight is 281 g/mol. The van der Waals surface area contributed by atoms with E-state index in [-0.39, 0.29) is 5.60 Å². The third kappa shape index (κ3) is 3.19. The monoisotopic (exact) mass is 281 g/mol. The Morgan fingerprint density at radius 1 is 1.47 bits per heavy atom. The first kappa shape index (κ1) is 13.6. The highest BCUT2D eigenvalue weighted by Gasteiger charge is 2.42. The second kappa shape index (κ2) is 5.92. The van der Waals surface area contributed by atoms with Gasteiger partial charge in [0, 0.05) is 37.5 Å². The third-order valence-electron chi connectivity index (χ3n) is 4.30. The van der Waals surface area contributed by atoms with Crippen LogP contribution in [-0.4, -0.2) is 42.9 Å². The number of rotatable bonds is 4. The molecule has 3 heterocycles. The first-order valence-electron chi connectivity index (χ1n) is 7.30. The molecule has 106 valence electrons. The molecule has 2 aliphatic heterocycles. The molecule has 2 aliphatic rings. The molecule has 3 nitrogen and oxygen atoms in total. The normalized spacial score (nSPS) is 27.1. The maximum atomic E-state index is 6.08. The highest BCUT2D eigenvalue weighted by atomic mass is 32.1. The molecule has 1 atom stereocenters. The molecule has 4 heteroatoms. The van der Waals surface area contributed by atoms with Gasteiger partial charge in [0.05, 0.1) is 18.3 Å². The van der Waals surface area contributed by atoms with Gasteiger partial charge in [-0.15, -0.1) is 11.3 Å². The molecule has 0 bridgehead atoms. The standard InChI is InChI=1S/C15H23NO2S/c1-2-17-13-10-15(18-12-13)5-7-16(8-6-15)11-14-4-3-9-19-14/h3-4,9,13H,2,5-8,10-12H2,1H3. The van der Waals surface area contributed by atoms with Gasteiger partial charge in [-0.1, -0.05) is 6.07 Å². The fraction of sp³-hybridized carbons (Fsp3) is 0.733. The molecule has 0 aliphatic carbocycles. The predicted octanol–water partition coefficient (Wildman–Crippen LogP) is 2.91. The molecule has 3 rings (SSSR count). The average Bonchev–Trinajstić information content (AvgIpc) is 3.04. The number of nitrogens with zero attached hydrogens (tertiary/aromatic N) is 1. The van der Waals surface area contributed by atoms with Crippen LogP contribution in [0.2, 0.25) is 0 Å². The van der Waals surface area contributed by atoms with E-state index in [1.54, 1.807) is 0 Å². The van der Waals surface area contributed by atoms with Crippen LogP contribution in [0.4, 0.5) is 0 Å². The zero-order valence-electron chi connectivity index (χ0n) is 11.6. The summed E-state index contributed by atoms with van der Waals surface area (Å²) < 4.78 is 11.8. The minimum Gasteiger partial charge on any atom is -0.376 e. The molecule has 1 spiro atoms. The first-order chi connectivity index (χ1) is 9.30. The topological polar surface area (TPSA) is 21.7 Å². The van der Waals surface area contributed by atoms with Crippen LogP contribution >= 0.6 is 11.3 Å². The molecule has 0 saturated carbocycles. The van der Waals surface area contributed by atoms with Gasteiger partial charge in [0.25, 0.3) is 0 Å². The Morgan fingerprint density at radius 2 is 2.32 bits per heavy atom. The van der Waals surface area contributed by atoms with Crippen LogP contribution in [0.3, 0.4) is 0 Å². The largest absolute Gasteiger partial charge is 0.376 e. The van der Waals surface area contributed by atoms with Crippen LogP contribution in [0.25, 0.3) is 0 Å². The molecule has 0 radical (unpaired) electrons. The lowest BCUT2D eigenvalue weighted by molar-refractivity contribution is -0.0463. The maximum absolute atomic E-state index is 6.08. The summed E-state index contributed by atoms with van der Waals surface area (Å²) in [6.07, 6.45) is 3.73. The van der Waals surface area contributed by atoms with E-state index in [2.05, 4.69) is 29.3 Å². The zero-order valence-corrected chi connectivity index (χ0v) is 12.5. The van der Waals surface area contributed by atoms with Crippen molar-refractivity contribution >= 4 is 11.3 Å². The Labute approximate surface area is 119 Å². The highest BCUT2D eigenvalue weighted by molar-refractivity contribution is 7.09. The molecule has 19 heavy (non-hydrogen) atoms. The van der Waals surface area contributed by atoms with E-state index in [0.717, 1.165) is 52.1 Å². The van der Waals surface area contributed by atoms with Crippen molar-refractivity contribution < 1.29 is 9.47 Å². The van der Waals surface area contributed by atoms with Gasteiger partial charge in [0.2, 0.25) is 0 Å². The zero-order chi connectivity index (χ0) is 13.1. The molecule has 0 amide bonds. The summed E-state index contributed by atoms with van der Waals surface area (Å²) in [5, 5.41) is 2.16. The van der Waals surface area contributed by atoms with Gasteiger partial charge in [-0.25, -0.2) is 0 Å². The molecule has 2 saturated heterocycles. The van der Waals surface area contributed by atoms with Crippen LogP contribution in [0.1, 0.15) is 31.1 Å². The fourth-order valence-corrected chi connectivity index (χ4v) is 3.98. The lowest BCUT2D eigenvalue weighted by Gasteiger charge is -2.38. The van der Waals surface area contributed by atoms with E-state index >= 15 is 0 Å². The molecular weight excluding hydrogens is 258 g/mol. The van der Waals surface area contributed by atoms with Crippen molar-refractivity contribution in [1.82, 2.24) is 4.90 Å². The molecule has 0 N–H and O–H groups in total. The van der Waals surface area contributed by atoms with Gasteiger partial charge >= 0.3 is 0 Å². The first-order valence-corrected chi connectivity index (χ1v) is 8.18. The van der Waals surface area contributed by atoms with Crippen LogP contribution in [0, 0.1) is 0 Å². The van der Waals surface area contributed by atoms with Gasteiger partial charge in [-0.05, 0) is 31.2 Å². The Morgan fingerprint density at radius 3 is 3.00 bits per heavy atom. The number of piperidine rings is 1. The van der Waals surface area contributed by atoms with E-state index in [0.29, 0.717) is 6.10 Å². The molecular formula is C15H23NO2S. The van der Waals surface area contributed by atoms with Gasteiger partial charge < -0.3 is 9.47 Å². The van der Waals surface area contributed by atoms with Crippen molar-refractivity contribution in [3.8, 4) is 0 Å².